The Hall–Kier alpha value is -1.62. The van der Waals surface area contributed by atoms with Crippen LogP contribution in [-0.4, -0.2) is 41.8 Å². The topological polar surface area (TPSA) is 90.6 Å². The molecule has 0 saturated carbocycles. The number of aliphatic hydroxyl groups is 1. The molecule has 0 spiro atoms. The lowest BCUT2D eigenvalue weighted by atomic mass is 9.86. The van der Waals surface area contributed by atoms with E-state index in [1.54, 1.807) is 32.0 Å². The van der Waals surface area contributed by atoms with Gasteiger partial charge in [-0.3, -0.25) is 0 Å². The molecule has 3 rings (SSSR count). The molecule has 0 radical (unpaired) electrons. The van der Waals surface area contributed by atoms with Crippen LogP contribution in [0.2, 0.25) is 0 Å². The number of aliphatic hydroxyl groups excluding tert-OH is 1. The number of rotatable bonds is 1. The van der Waals surface area contributed by atoms with Crippen molar-refractivity contribution in [3.05, 3.63) is 29.3 Å². The summed E-state index contributed by atoms with van der Waals surface area (Å²) in [6, 6.07) is 6.21. The van der Waals surface area contributed by atoms with Crippen LogP contribution < -0.4 is 4.74 Å². The number of fused-ring (bicyclic) bond motifs is 1. The first-order chi connectivity index (χ1) is 10.3. The van der Waals surface area contributed by atoms with Crippen molar-refractivity contribution in [3.8, 4) is 11.8 Å². The lowest BCUT2D eigenvalue weighted by Gasteiger charge is -2.44. The first kappa shape index (κ1) is 15.3. The Bertz CT molecular complexity index is 751. The molecule has 7 heteroatoms. The summed E-state index contributed by atoms with van der Waals surface area (Å²) < 4.78 is 31.7. The zero-order valence-electron chi connectivity index (χ0n) is 12.5. The van der Waals surface area contributed by atoms with E-state index >= 15 is 0 Å². The summed E-state index contributed by atoms with van der Waals surface area (Å²) >= 11 is 0. The summed E-state index contributed by atoms with van der Waals surface area (Å²) in [6.07, 6.45) is -0.470. The predicted octanol–water partition coefficient (Wildman–Crippen LogP) is 1.17. The number of nitriles is 1. The lowest BCUT2D eigenvalue weighted by Crippen LogP contribution is -2.53. The summed E-state index contributed by atoms with van der Waals surface area (Å²) in [6.45, 7) is 3.83. The summed E-state index contributed by atoms with van der Waals surface area (Å²) in [5.74, 6) is 0.603. The number of benzene rings is 1. The zero-order valence-corrected chi connectivity index (χ0v) is 13.3. The van der Waals surface area contributed by atoms with Crippen LogP contribution in [0.5, 0.6) is 5.75 Å². The lowest BCUT2D eigenvalue weighted by molar-refractivity contribution is -0.0781. The van der Waals surface area contributed by atoms with Gasteiger partial charge in [-0.2, -0.15) is 9.57 Å². The second-order valence-electron chi connectivity index (χ2n) is 6.24. The molecule has 1 N–H and O–H groups in total. The molecule has 0 aromatic heterocycles. The first-order valence-corrected chi connectivity index (χ1v) is 8.78. The van der Waals surface area contributed by atoms with Crippen molar-refractivity contribution < 1.29 is 18.3 Å². The third-order valence-corrected chi connectivity index (χ3v) is 6.22. The van der Waals surface area contributed by atoms with Gasteiger partial charge in [-0.15, -0.1) is 0 Å². The number of nitrogens with zero attached hydrogens (tertiary/aromatic N) is 2. The van der Waals surface area contributed by atoms with Crippen LogP contribution in [0.4, 0.5) is 0 Å². The number of hydrogen-bond donors (Lipinski definition) is 1. The third kappa shape index (κ3) is 2.28. The molecule has 1 aromatic carbocycles. The van der Waals surface area contributed by atoms with E-state index in [0.717, 1.165) is 0 Å². The molecule has 22 heavy (non-hydrogen) atoms. The molecule has 1 saturated heterocycles. The maximum absolute atomic E-state index is 12.3. The van der Waals surface area contributed by atoms with Crippen LogP contribution in [-0.2, 0) is 10.0 Å². The van der Waals surface area contributed by atoms with Crippen LogP contribution in [0.1, 0.15) is 37.4 Å². The van der Waals surface area contributed by atoms with Gasteiger partial charge >= 0.3 is 0 Å². The number of hydrogen-bond acceptors (Lipinski definition) is 5. The van der Waals surface area contributed by atoms with Crippen LogP contribution in [0.3, 0.4) is 0 Å². The minimum Gasteiger partial charge on any atom is -0.485 e. The van der Waals surface area contributed by atoms with Crippen molar-refractivity contribution in [2.75, 3.05) is 12.3 Å². The molecule has 1 fully saturated rings. The minimum absolute atomic E-state index is 0.0881. The van der Waals surface area contributed by atoms with Gasteiger partial charge in [0.05, 0.1) is 23.4 Å². The van der Waals surface area contributed by atoms with E-state index in [1.165, 1.54) is 4.31 Å². The van der Waals surface area contributed by atoms with Crippen LogP contribution in [0, 0.1) is 11.3 Å². The highest BCUT2D eigenvalue weighted by Gasteiger charge is 2.49. The second-order valence-corrected chi connectivity index (χ2v) is 8.28. The largest absolute Gasteiger partial charge is 0.485 e. The summed E-state index contributed by atoms with van der Waals surface area (Å²) in [5.41, 5.74) is 0.0522. The summed E-state index contributed by atoms with van der Waals surface area (Å²) in [5, 5.41) is 19.8. The van der Waals surface area contributed by atoms with Gasteiger partial charge in [-0.05, 0) is 38.5 Å². The van der Waals surface area contributed by atoms with Gasteiger partial charge in [0.25, 0.3) is 0 Å². The summed E-state index contributed by atoms with van der Waals surface area (Å²) in [7, 11) is -3.40. The highest BCUT2D eigenvalue weighted by atomic mass is 32.2. The third-order valence-electron chi connectivity index (χ3n) is 4.29. The van der Waals surface area contributed by atoms with E-state index < -0.39 is 27.8 Å². The van der Waals surface area contributed by atoms with Gasteiger partial charge < -0.3 is 9.84 Å². The molecule has 6 nitrogen and oxygen atoms in total. The SMILES string of the molecule is CC1(C)Oc2ccc(C#N)cc2[C@@H](N2CCCS2(=O)=O)[C@@H]1O. The van der Waals surface area contributed by atoms with Crippen LogP contribution >= 0.6 is 0 Å². The molecule has 0 amide bonds. The number of ether oxygens (including phenoxy) is 1. The van der Waals surface area contributed by atoms with Crippen molar-refractivity contribution in [2.45, 2.75) is 38.0 Å². The molecular weight excluding hydrogens is 304 g/mol. The Labute approximate surface area is 130 Å². The van der Waals surface area contributed by atoms with E-state index in [4.69, 9.17) is 10.00 Å². The zero-order chi connectivity index (χ0) is 16.1. The van der Waals surface area contributed by atoms with Crippen molar-refractivity contribution in [1.29, 1.82) is 5.26 Å². The molecule has 2 heterocycles. The van der Waals surface area contributed by atoms with Gasteiger partial charge in [0.15, 0.2) is 0 Å². The second kappa shape index (κ2) is 4.95. The highest BCUT2D eigenvalue weighted by molar-refractivity contribution is 7.89. The molecule has 0 unspecified atom stereocenters. The Kier molecular flexibility index (Phi) is 3.44. The van der Waals surface area contributed by atoms with Crippen molar-refractivity contribution in [1.82, 2.24) is 4.31 Å². The molecule has 118 valence electrons. The van der Waals surface area contributed by atoms with E-state index in [0.29, 0.717) is 29.8 Å². The fourth-order valence-corrected chi connectivity index (χ4v) is 4.83. The molecular formula is C15H18N2O4S. The molecule has 1 aromatic rings. The molecule has 2 atom stereocenters. The standard InChI is InChI=1S/C15H18N2O4S/c1-15(2)14(18)13(17-6-3-7-22(17,19)20)11-8-10(9-16)4-5-12(11)21-15/h4-5,8,13-14,18H,3,6-7H2,1-2H3/t13-,14+/m1/s1. The van der Waals surface area contributed by atoms with Crippen LogP contribution in [0.15, 0.2) is 18.2 Å². The van der Waals surface area contributed by atoms with E-state index in [2.05, 4.69) is 0 Å². The van der Waals surface area contributed by atoms with Gasteiger partial charge in [-0.1, -0.05) is 0 Å². The maximum Gasteiger partial charge on any atom is 0.214 e. The van der Waals surface area contributed by atoms with E-state index in [1.807, 2.05) is 6.07 Å². The van der Waals surface area contributed by atoms with Gasteiger partial charge in [0, 0.05) is 12.1 Å². The Balaban J connectivity index is 2.17. The average molecular weight is 322 g/mol. The Morgan fingerprint density at radius 2 is 2.18 bits per heavy atom. The maximum atomic E-state index is 12.3. The average Bonchev–Trinajstić information content (AvgIpc) is 2.79. The monoisotopic (exact) mass is 322 g/mol. The fourth-order valence-electron chi connectivity index (χ4n) is 3.12. The van der Waals surface area contributed by atoms with Gasteiger partial charge in [-0.25, -0.2) is 8.42 Å². The molecule has 0 bridgehead atoms. The van der Waals surface area contributed by atoms with Crippen molar-refractivity contribution >= 4 is 10.0 Å². The smallest absolute Gasteiger partial charge is 0.214 e. The Morgan fingerprint density at radius 1 is 1.45 bits per heavy atom. The fraction of sp³-hybridized carbons (Fsp3) is 0.533. The van der Waals surface area contributed by atoms with E-state index in [-0.39, 0.29) is 5.75 Å². The highest BCUT2D eigenvalue weighted by Crippen LogP contribution is 2.45. The molecule has 0 aliphatic carbocycles. The molecule has 2 aliphatic rings. The quantitative estimate of drug-likeness (QED) is 0.838. The summed E-state index contributed by atoms with van der Waals surface area (Å²) in [4.78, 5) is 0. The van der Waals surface area contributed by atoms with Crippen molar-refractivity contribution in [2.24, 2.45) is 0 Å². The predicted molar refractivity (Wildman–Crippen MR) is 79.7 cm³/mol. The number of sulfonamides is 1. The first-order valence-electron chi connectivity index (χ1n) is 7.17. The minimum atomic E-state index is -3.40. The van der Waals surface area contributed by atoms with Gasteiger partial charge in [0.2, 0.25) is 10.0 Å². The molecule has 2 aliphatic heterocycles. The van der Waals surface area contributed by atoms with E-state index in [9.17, 15) is 13.5 Å². The Morgan fingerprint density at radius 3 is 2.77 bits per heavy atom. The van der Waals surface area contributed by atoms with Gasteiger partial charge in [0.1, 0.15) is 17.5 Å². The normalized spacial score (nSPS) is 29.4. The van der Waals surface area contributed by atoms with Crippen molar-refractivity contribution in [3.63, 3.8) is 0 Å². The van der Waals surface area contributed by atoms with Crippen LogP contribution in [0.25, 0.3) is 0 Å².